The molecule has 1 amide bonds. The molecule has 0 unspecified atom stereocenters. The molecule has 0 aliphatic rings. The number of aromatic nitrogens is 2. The zero-order chi connectivity index (χ0) is 18.7. The van der Waals surface area contributed by atoms with Crippen LogP contribution in [0.1, 0.15) is 16.2 Å². The van der Waals surface area contributed by atoms with Crippen molar-refractivity contribution in [1.29, 1.82) is 0 Å². The van der Waals surface area contributed by atoms with Crippen molar-refractivity contribution < 1.29 is 18.4 Å². The van der Waals surface area contributed by atoms with Crippen molar-refractivity contribution in [3.8, 4) is 17.1 Å². The third kappa shape index (κ3) is 3.83. The van der Waals surface area contributed by atoms with Gasteiger partial charge in [0.25, 0.3) is 5.91 Å². The van der Waals surface area contributed by atoms with Gasteiger partial charge in [-0.15, -0.1) is 0 Å². The summed E-state index contributed by atoms with van der Waals surface area (Å²) in [5, 5.41) is 4.12. The van der Waals surface area contributed by atoms with E-state index in [4.69, 9.17) is 20.9 Å². The molecule has 0 bridgehead atoms. The number of nitrogens with zero attached hydrogens (tertiary/aromatic N) is 3. The maximum atomic E-state index is 13.9. The fourth-order valence-corrected chi connectivity index (χ4v) is 2.48. The van der Waals surface area contributed by atoms with Crippen LogP contribution in [0.15, 0.2) is 47.0 Å². The molecule has 2 aromatic carbocycles. The van der Waals surface area contributed by atoms with Crippen LogP contribution in [0, 0.1) is 5.82 Å². The summed E-state index contributed by atoms with van der Waals surface area (Å²) in [6.07, 6.45) is 0. The van der Waals surface area contributed by atoms with Crippen molar-refractivity contribution in [3.05, 3.63) is 64.8 Å². The van der Waals surface area contributed by atoms with E-state index in [0.29, 0.717) is 11.6 Å². The van der Waals surface area contributed by atoms with E-state index >= 15 is 0 Å². The minimum Gasteiger partial charge on any atom is -0.497 e. The van der Waals surface area contributed by atoms with Crippen LogP contribution in [-0.2, 0) is 6.54 Å². The molecule has 0 aliphatic heterocycles. The summed E-state index contributed by atoms with van der Waals surface area (Å²) in [5.41, 5.74) is 0.672. The van der Waals surface area contributed by atoms with Gasteiger partial charge in [0.1, 0.15) is 11.6 Å². The van der Waals surface area contributed by atoms with Crippen LogP contribution in [0.3, 0.4) is 0 Å². The molecule has 0 atom stereocenters. The summed E-state index contributed by atoms with van der Waals surface area (Å²) in [6, 6.07) is 11.1. The highest BCUT2D eigenvalue weighted by molar-refractivity contribution is 6.30. The number of hydrogen-bond acceptors (Lipinski definition) is 5. The number of halogens is 2. The molecule has 8 heteroatoms. The van der Waals surface area contributed by atoms with Crippen LogP contribution in [0.4, 0.5) is 4.39 Å². The van der Waals surface area contributed by atoms with Crippen LogP contribution >= 0.6 is 11.6 Å². The quantitative estimate of drug-likeness (QED) is 0.678. The second kappa shape index (κ2) is 7.53. The normalized spacial score (nSPS) is 10.6. The van der Waals surface area contributed by atoms with Crippen molar-refractivity contribution in [3.63, 3.8) is 0 Å². The molecule has 0 N–H and O–H groups in total. The summed E-state index contributed by atoms with van der Waals surface area (Å²) in [5.74, 6) is 0.150. The summed E-state index contributed by atoms with van der Waals surface area (Å²) in [7, 11) is 3.10. The van der Waals surface area contributed by atoms with Gasteiger partial charge in [-0.05, 0) is 42.5 Å². The van der Waals surface area contributed by atoms with Crippen molar-refractivity contribution in [2.24, 2.45) is 0 Å². The van der Waals surface area contributed by atoms with E-state index in [1.807, 2.05) is 0 Å². The van der Waals surface area contributed by atoms with E-state index < -0.39 is 11.7 Å². The second-order valence-corrected chi connectivity index (χ2v) is 5.96. The monoisotopic (exact) mass is 375 g/mol. The smallest absolute Gasteiger partial charge is 0.257 e. The lowest BCUT2D eigenvalue weighted by atomic mass is 10.2. The number of hydrogen-bond donors (Lipinski definition) is 0. The molecule has 0 aliphatic carbocycles. The maximum Gasteiger partial charge on any atom is 0.257 e. The molecule has 1 heterocycles. The van der Waals surface area contributed by atoms with Gasteiger partial charge in [-0.25, -0.2) is 4.39 Å². The minimum atomic E-state index is -0.682. The van der Waals surface area contributed by atoms with Crippen molar-refractivity contribution >= 4 is 17.5 Å². The van der Waals surface area contributed by atoms with E-state index in [-0.39, 0.29) is 23.0 Å². The molecule has 134 valence electrons. The van der Waals surface area contributed by atoms with Crippen molar-refractivity contribution in [1.82, 2.24) is 15.0 Å². The van der Waals surface area contributed by atoms with Crippen LogP contribution < -0.4 is 4.74 Å². The van der Waals surface area contributed by atoms with Crippen LogP contribution in [0.2, 0.25) is 5.02 Å². The summed E-state index contributed by atoms with van der Waals surface area (Å²) < 4.78 is 24.2. The predicted molar refractivity (Wildman–Crippen MR) is 93.5 cm³/mol. The zero-order valence-electron chi connectivity index (χ0n) is 14.1. The molecular formula is C18H15ClFN3O3. The molecule has 0 fully saturated rings. The summed E-state index contributed by atoms with van der Waals surface area (Å²) >= 11 is 5.70. The number of methoxy groups -OCH3 is 1. The molecule has 0 spiro atoms. The molecule has 0 saturated heterocycles. The first kappa shape index (κ1) is 17.9. The van der Waals surface area contributed by atoms with E-state index in [1.165, 1.54) is 24.1 Å². The molecule has 1 aromatic heterocycles. The second-order valence-electron chi connectivity index (χ2n) is 5.53. The van der Waals surface area contributed by atoms with Crippen LogP contribution in [0.5, 0.6) is 5.75 Å². The fourth-order valence-electron chi connectivity index (χ4n) is 2.32. The van der Waals surface area contributed by atoms with Gasteiger partial charge in [-0.3, -0.25) is 4.79 Å². The average Bonchev–Trinajstić information content (AvgIpc) is 3.09. The fraction of sp³-hybridized carbons (Fsp3) is 0.167. The molecular weight excluding hydrogens is 361 g/mol. The molecule has 26 heavy (non-hydrogen) atoms. The molecule has 3 aromatic rings. The van der Waals surface area contributed by atoms with Crippen molar-refractivity contribution in [2.45, 2.75) is 6.54 Å². The first-order chi connectivity index (χ1) is 12.5. The molecule has 3 rings (SSSR count). The van der Waals surface area contributed by atoms with Gasteiger partial charge in [0, 0.05) is 17.6 Å². The van der Waals surface area contributed by atoms with Crippen LogP contribution in [-0.4, -0.2) is 35.1 Å². The van der Waals surface area contributed by atoms with Gasteiger partial charge >= 0.3 is 0 Å². The Hall–Kier alpha value is -2.93. The minimum absolute atomic E-state index is 0.0457. The standard InChI is InChI=1S/C18H15ClFN3O3/c1-23(18(24)14-8-5-12(19)9-15(14)20)10-16-21-17(22-26-16)11-3-6-13(25-2)7-4-11/h3-9H,10H2,1-2H3. The number of benzene rings is 2. The third-order valence-electron chi connectivity index (χ3n) is 3.70. The van der Waals surface area contributed by atoms with Gasteiger partial charge in [0.05, 0.1) is 19.2 Å². The maximum absolute atomic E-state index is 13.9. The molecule has 6 nitrogen and oxygen atoms in total. The zero-order valence-corrected chi connectivity index (χ0v) is 14.8. The highest BCUT2D eigenvalue weighted by atomic mass is 35.5. The Kier molecular flexibility index (Phi) is 5.18. The summed E-state index contributed by atoms with van der Waals surface area (Å²) in [6.45, 7) is 0.0457. The van der Waals surface area contributed by atoms with E-state index in [1.54, 1.807) is 31.4 Å². The number of amides is 1. The SMILES string of the molecule is COc1ccc(-c2noc(CN(C)C(=O)c3ccc(Cl)cc3F)n2)cc1. The highest BCUT2D eigenvalue weighted by Gasteiger charge is 2.19. The van der Waals surface area contributed by atoms with Crippen LogP contribution in [0.25, 0.3) is 11.4 Å². The van der Waals surface area contributed by atoms with E-state index in [0.717, 1.165) is 11.6 Å². The first-order valence-electron chi connectivity index (χ1n) is 7.65. The lowest BCUT2D eigenvalue weighted by Gasteiger charge is -2.15. The Morgan fingerprint density at radius 2 is 2.00 bits per heavy atom. The molecule has 0 saturated carbocycles. The molecule has 0 radical (unpaired) electrons. The lowest BCUT2D eigenvalue weighted by molar-refractivity contribution is 0.0765. The topological polar surface area (TPSA) is 68.5 Å². The number of ether oxygens (including phenoxy) is 1. The third-order valence-corrected chi connectivity index (χ3v) is 3.93. The average molecular weight is 376 g/mol. The Labute approximate surface area is 154 Å². The van der Waals surface area contributed by atoms with Gasteiger partial charge in [0.15, 0.2) is 0 Å². The summed E-state index contributed by atoms with van der Waals surface area (Å²) in [4.78, 5) is 17.9. The van der Waals surface area contributed by atoms with E-state index in [2.05, 4.69) is 10.1 Å². The number of carbonyl (C=O) groups is 1. The Bertz CT molecular complexity index is 928. The number of carbonyl (C=O) groups excluding carboxylic acids is 1. The van der Waals surface area contributed by atoms with E-state index in [9.17, 15) is 9.18 Å². The Morgan fingerprint density at radius 3 is 2.65 bits per heavy atom. The van der Waals surface area contributed by atoms with Gasteiger partial charge in [-0.1, -0.05) is 16.8 Å². The predicted octanol–water partition coefficient (Wildman–Crippen LogP) is 3.81. The first-order valence-corrected chi connectivity index (χ1v) is 8.03. The largest absolute Gasteiger partial charge is 0.497 e. The van der Waals surface area contributed by atoms with Gasteiger partial charge in [0.2, 0.25) is 11.7 Å². The van der Waals surface area contributed by atoms with Gasteiger partial charge in [-0.2, -0.15) is 4.98 Å². The number of rotatable bonds is 5. The van der Waals surface area contributed by atoms with Crippen molar-refractivity contribution in [2.75, 3.05) is 14.2 Å². The van der Waals surface area contributed by atoms with Gasteiger partial charge < -0.3 is 14.2 Å². The Morgan fingerprint density at radius 1 is 1.27 bits per heavy atom. The Balaban J connectivity index is 1.72. The highest BCUT2D eigenvalue weighted by Crippen LogP contribution is 2.21. The lowest BCUT2D eigenvalue weighted by Crippen LogP contribution is -2.27.